The first-order valence-electron chi connectivity index (χ1n) is 4.36. The summed E-state index contributed by atoms with van der Waals surface area (Å²) in [6, 6.07) is 1.77. The maximum atomic E-state index is 13.2. The minimum atomic E-state index is -3.26. The van der Waals surface area contributed by atoms with E-state index in [0.717, 1.165) is 12.3 Å². The fourth-order valence-electron chi connectivity index (χ4n) is 1.41. The topological polar surface area (TPSA) is 62.8 Å². The molecule has 0 saturated heterocycles. The van der Waals surface area contributed by atoms with Crippen LogP contribution >= 0.6 is 0 Å². The lowest BCUT2D eigenvalue weighted by molar-refractivity contribution is 0.590. The Balaban J connectivity index is 2.56. The molecule has 0 bridgehead atoms. The van der Waals surface area contributed by atoms with E-state index in [1.54, 1.807) is 0 Å². The lowest BCUT2D eigenvalue weighted by Gasteiger charge is -1.91. The molecule has 86 valence electrons. The van der Waals surface area contributed by atoms with E-state index in [9.17, 15) is 17.2 Å². The molecule has 1 N–H and O–H groups in total. The molecule has 1 heterocycles. The fraction of sp³-hybridized carbons (Fsp3) is 0.222. The molecule has 0 saturated carbocycles. The van der Waals surface area contributed by atoms with Crippen molar-refractivity contribution in [1.82, 2.24) is 9.97 Å². The molecule has 0 aliphatic heterocycles. The van der Waals surface area contributed by atoms with Crippen molar-refractivity contribution in [3.63, 3.8) is 0 Å². The second-order valence-corrected chi connectivity index (χ2v) is 5.68. The van der Waals surface area contributed by atoms with E-state index >= 15 is 0 Å². The molecule has 0 aliphatic rings. The number of H-pyrrole nitrogens is 1. The van der Waals surface area contributed by atoms with Crippen molar-refractivity contribution in [2.24, 2.45) is 0 Å². The highest BCUT2D eigenvalue weighted by molar-refractivity contribution is 7.89. The molecule has 16 heavy (non-hydrogen) atoms. The van der Waals surface area contributed by atoms with Gasteiger partial charge < -0.3 is 4.98 Å². The zero-order valence-corrected chi connectivity index (χ0v) is 9.11. The molecule has 0 radical (unpaired) electrons. The van der Waals surface area contributed by atoms with Gasteiger partial charge in [0.2, 0.25) is 0 Å². The molecule has 2 aromatic rings. The quantitative estimate of drug-likeness (QED) is 0.870. The molecule has 1 aromatic carbocycles. The van der Waals surface area contributed by atoms with Crippen LogP contribution in [0.1, 0.15) is 5.82 Å². The van der Waals surface area contributed by atoms with E-state index in [4.69, 9.17) is 0 Å². The summed E-state index contributed by atoms with van der Waals surface area (Å²) in [7, 11) is -3.26. The van der Waals surface area contributed by atoms with Crippen LogP contribution in [0.25, 0.3) is 11.0 Å². The summed E-state index contributed by atoms with van der Waals surface area (Å²) in [5.41, 5.74) is 0.0937. The molecule has 7 heteroatoms. The predicted octanol–water partition coefficient (Wildman–Crippen LogP) is 1.39. The minimum Gasteiger partial charge on any atom is -0.341 e. The summed E-state index contributed by atoms with van der Waals surface area (Å²) in [5.74, 6) is -1.78. The highest BCUT2D eigenvalue weighted by Crippen LogP contribution is 2.17. The number of aromatic nitrogens is 2. The number of aromatic amines is 1. The molecular weight excluding hydrogens is 238 g/mol. The van der Waals surface area contributed by atoms with E-state index < -0.39 is 21.5 Å². The van der Waals surface area contributed by atoms with Gasteiger partial charge in [0, 0.05) is 12.3 Å². The van der Waals surface area contributed by atoms with Gasteiger partial charge in [-0.25, -0.2) is 22.2 Å². The molecule has 0 unspecified atom stereocenters. The maximum absolute atomic E-state index is 13.2. The lowest BCUT2D eigenvalue weighted by Crippen LogP contribution is -2.01. The summed E-state index contributed by atoms with van der Waals surface area (Å²) in [6.45, 7) is 0. The highest BCUT2D eigenvalue weighted by Gasteiger charge is 2.12. The number of hydrogen-bond acceptors (Lipinski definition) is 3. The molecule has 0 spiro atoms. The summed E-state index contributed by atoms with van der Waals surface area (Å²) in [4.78, 5) is 6.33. The average molecular weight is 246 g/mol. The number of imidazole rings is 1. The van der Waals surface area contributed by atoms with Crippen LogP contribution in [0.5, 0.6) is 0 Å². The number of benzene rings is 1. The summed E-state index contributed by atoms with van der Waals surface area (Å²) >= 11 is 0. The van der Waals surface area contributed by atoms with Crippen molar-refractivity contribution in [3.8, 4) is 0 Å². The van der Waals surface area contributed by atoms with E-state index in [2.05, 4.69) is 9.97 Å². The summed E-state index contributed by atoms with van der Waals surface area (Å²) in [6.07, 6.45) is 1.04. The minimum absolute atomic E-state index is 0.0555. The van der Waals surface area contributed by atoms with Crippen molar-refractivity contribution >= 4 is 20.9 Å². The van der Waals surface area contributed by atoms with Crippen molar-refractivity contribution in [3.05, 3.63) is 29.6 Å². The van der Waals surface area contributed by atoms with Crippen LogP contribution in [0.3, 0.4) is 0 Å². The third-order valence-electron chi connectivity index (χ3n) is 1.95. The Kier molecular flexibility index (Phi) is 2.42. The standard InChI is InChI=1S/C9H8F2N2O2S/c1-16(14,15)4-8-12-7-3-5(10)2-6(11)9(7)13-8/h2-3H,4H2,1H3,(H,12,13). The second kappa shape index (κ2) is 3.51. The summed E-state index contributed by atoms with van der Waals surface area (Å²) in [5, 5.41) is 0. The zero-order valence-electron chi connectivity index (χ0n) is 8.29. The zero-order chi connectivity index (χ0) is 11.9. The van der Waals surface area contributed by atoms with E-state index in [1.165, 1.54) is 0 Å². The van der Waals surface area contributed by atoms with Gasteiger partial charge in [-0.2, -0.15) is 0 Å². The van der Waals surface area contributed by atoms with Gasteiger partial charge in [0.05, 0.1) is 5.52 Å². The first kappa shape index (κ1) is 11.0. The van der Waals surface area contributed by atoms with Gasteiger partial charge in [0.15, 0.2) is 15.7 Å². The first-order chi connectivity index (χ1) is 7.35. The lowest BCUT2D eigenvalue weighted by atomic mass is 10.3. The van der Waals surface area contributed by atoms with E-state index in [0.29, 0.717) is 6.07 Å². The van der Waals surface area contributed by atoms with Gasteiger partial charge in [0.1, 0.15) is 22.9 Å². The SMILES string of the molecule is CS(=O)(=O)Cc1nc2c(F)cc(F)cc2[nH]1. The Morgan fingerprint density at radius 3 is 2.69 bits per heavy atom. The molecule has 0 amide bonds. The molecule has 2 rings (SSSR count). The van der Waals surface area contributed by atoms with Crippen molar-refractivity contribution < 1.29 is 17.2 Å². The number of fused-ring (bicyclic) bond motifs is 1. The Morgan fingerprint density at radius 2 is 2.06 bits per heavy atom. The molecule has 1 aromatic heterocycles. The third kappa shape index (κ3) is 2.19. The molecule has 4 nitrogen and oxygen atoms in total. The number of sulfone groups is 1. The Hall–Kier alpha value is -1.50. The number of nitrogens with zero attached hydrogens (tertiary/aromatic N) is 1. The van der Waals surface area contributed by atoms with Crippen LogP contribution < -0.4 is 0 Å². The van der Waals surface area contributed by atoms with E-state index in [-0.39, 0.29) is 22.6 Å². The number of hydrogen-bond donors (Lipinski definition) is 1. The normalized spacial score (nSPS) is 12.2. The Morgan fingerprint density at radius 1 is 1.38 bits per heavy atom. The van der Waals surface area contributed by atoms with Crippen LogP contribution in [-0.4, -0.2) is 24.6 Å². The van der Waals surface area contributed by atoms with Crippen LogP contribution in [0.4, 0.5) is 8.78 Å². The Labute approximate surface area is 90.2 Å². The smallest absolute Gasteiger partial charge is 0.154 e. The molecule has 0 aliphatic carbocycles. The monoisotopic (exact) mass is 246 g/mol. The molecular formula is C9H8F2N2O2S. The molecule has 0 atom stereocenters. The third-order valence-corrected chi connectivity index (χ3v) is 2.75. The van der Waals surface area contributed by atoms with Gasteiger partial charge in [-0.15, -0.1) is 0 Å². The van der Waals surface area contributed by atoms with Crippen molar-refractivity contribution in [2.45, 2.75) is 5.75 Å². The van der Waals surface area contributed by atoms with Crippen LogP contribution in [0.15, 0.2) is 12.1 Å². The predicted molar refractivity (Wildman–Crippen MR) is 54.6 cm³/mol. The highest BCUT2D eigenvalue weighted by atomic mass is 32.2. The van der Waals surface area contributed by atoms with E-state index in [1.807, 2.05) is 0 Å². The van der Waals surface area contributed by atoms with Crippen molar-refractivity contribution in [1.29, 1.82) is 0 Å². The largest absolute Gasteiger partial charge is 0.341 e. The van der Waals surface area contributed by atoms with Gasteiger partial charge in [0.25, 0.3) is 0 Å². The first-order valence-corrected chi connectivity index (χ1v) is 6.42. The second-order valence-electron chi connectivity index (χ2n) is 3.54. The number of nitrogens with one attached hydrogen (secondary N) is 1. The Bertz CT molecular complexity index is 649. The van der Waals surface area contributed by atoms with Gasteiger partial charge in [-0.1, -0.05) is 0 Å². The van der Waals surface area contributed by atoms with Gasteiger partial charge in [-0.3, -0.25) is 0 Å². The van der Waals surface area contributed by atoms with Crippen LogP contribution in [0, 0.1) is 11.6 Å². The van der Waals surface area contributed by atoms with Gasteiger partial charge >= 0.3 is 0 Å². The maximum Gasteiger partial charge on any atom is 0.154 e. The average Bonchev–Trinajstić information content (AvgIpc) is 2.43. The van der Waals surface area contributed by atoms with Gasteiger partial charge in [-0.05, 0) is 6.07 Å². The van der Waals surface area contributed by atoms with Crippen molar-refractivity contribution in [2.75, 3.05) is 6.26 Å². The fourth-order valence-corrected chi connectivity index (χ4v) is 2.04. The molecule has 0 fully saturated rings. The summed E-state index contributed by atoms with van der Waals surface area (Å²) < 4.78 is 48.1. The van der Waals surface area contributed by atoms with Crippen LogP contribution in [0.2, 0.25) is 0 Å². The van der Waals surface area contributed by atoms with Crippen LogP contribution in [-0.2, 0) is 15.6 Å². The number of rotatable bonds is 2. The number of halogens is 2.